The number of nitrogens with zero attached hydrogens (tertiary/aromatic N) is 1. The number of para-hydroxylation sites is 1. The molecule has 1 aliphatic carbocycles. The number of aryl methyl sites for hydroxylation is 1. The maximum atomic E-state index is 12.5. The molecular formula is C18H23N3O2. The molecule has 4 rings (SSSR count). The first-order valence-electron chi connectivity index (χ1n) is 8.66. The van der Waals surface area contributed by atoms with E-state index in [0.717, 1.165) is 50.0 Å². The van der Waals surface area contributed by atoms with Gasteiger partial charge >= 0.3 is 0 Å². The summed E-state index contributed by atoms with van der Waals surface area (Å²) in [6.45, 7) is 2.30. The molecule has 1 unspecified atom stereocenters. The maximum absolute atomic E-state index is 12.5. The molecule has 0 aromatic heterocycles. The standard InChI is InChI=1S/C18H23N3O2/c22-16-9-12(11-21(16)14-6-7-14)10-20-18(23)15-5-1-3-13-4-2-8-19-17(13)15/h1,3,5,12,14,19H,2,4,6-11H2,(H,20,23). The van der Waals surface area contributed by atoms with Crippen LogP contribution in [-0.2, 0) is 11.2 Å². The van der Waals surface area contributed by atoms with Crippen molar-refractivity contribution in [3.05, 3.63) is 29.3 Å². The van der Waals surface area contributed by atoms with Crippen LogP contribution in [0.1, 0.15) is 41.6 Å². The lowest BCUT2D eigenvalue weighted by Gasteiger charge is -2.21. The molecule has 2 amide bonds. The summed E-state index contributed by atoms with van der Waals surface area (Å²) in [6, 6.07) is 6.40. The number of hydrogen-bond donors (Lipinski definition) is 2. The zero-order chi connectivity index (χ0) is 15.8. The zero-order valence-electron chi connectivity index (χ0n) is 13.3. The highest BCUT2D eigenvalue weighted by atomic mass is 16.2. The Hall–Kier alpha value is -2.04. The van der Waals surface area contributed by atoms with Gasteiger partial charge < -0.3 is 15.5 Å². The molecule has 0 radical (unpaired) electrons. The van der Waals surface area contributed by atoms with Gasteiger partial charge in [0.2, 0.25) is 5.91 Å². The molecule has 5 nitrogen and oxygen atoms in total. The first-order chi connectivity index (χ1) is 11.2. The van der Waals surface area contributed by atoms with Crippen molar-refractivity contribution in [2.45, 2.75) is 38.1 Å². The van der Waals surface area contributed by atoms with Crippen LogP contribution in [0.15, 0.2) is 18.2 Å². The number of anilines is 1. The summed E-state index contributed by atoms with van der Waals surface area (Å²) >= 11 is 0. The van der Waals surface area contributed by atoms with Crippen molar-refractivity contribution in [2.24, 2.45) is 5.92 Å². The lowest BCUT2D eigenvalue weighted by molar-refractivity contribution is -0.128. The lowest BCUT2D eigenvalue weighted by atomic mass is 9.99. The van der Waals surface area contributed by atoms with Crippen molar-refractivity contribution in [3.8, 4) is 0 Å². The van der Waals surface area contributed by atoms with Crippen LogP contribution in [0.25, 0.3) is 0 Å². The molecule has 1 saturated carbocycles. The zero-order valence-corrected chi connectivity index (χ0v) is 13.3. The van der Waals surface area contributed by atoms with E-state index in [1.165, 1.54) is 5.56 Å². The summed E-state index contributed by atoms with van der Waals surface area (Å²) < 4.78 is 0. The number of benzene rings is 1. The molecule has 0 bridgehead atoms. The Kier molecular flexibility index (Phi) is 3.71. The summed E-state index contributed by atoms with van der Waals surface area (Å²) in [7, 11) is 0. The van der Waals surface area contributed by atoms with Crippen molar-refractivity contribution in [1.82, 2.24) is 10.2 Å². The summed E-state index contributed by atoms with van der Waals surface area (Å²) in [5.74, 6) is 0.471. The van der Waals surface area contributed by atoms with Crippen LogP contribution < -0.4 is 10.6 Å². The molecule has 2 heterocycles. The van der Waals surface area contributed by atoms with Crippen LogP contribution in [0.3, 0.4) is 0 Å². The molecule has 2 fully saturated rings. The number of rotatable bonds is 4. The van der Waals surface area contributed by atoms with Gasteiger partial charge in [0.25, 0.3) is 5.91 Å². The van der Waals surface area contributed by atoms with Gasteiger partial charge in [0.1, 0.15) is 0 Å². The highest BCUT2D eigenvalue weighted by Crippen LogP contribution is 2.32. The van der Waals surface area contributed by atoms with Gasteiger partial charge in [0.15, 0.2) is 0 Å². The van der Waals surface area contributed by atoms with E-state index < -0.39 is 0 Å². The van der Waals surface area contributed by atoms with Gasteiger partial charge in [0, 0.05) is 38.0 Å². The Morgan fingerprint density at radius 3 is 3.04 bits per heavy atom. The average molecular weight is 313 g/mol. The Balaban J connectivity index is 1.38. The van der Waals surface area contributed by atoms with Crippen LogP contribution in [-0.4, -0.2) is 42.4 Å². The Labute approximate surface area is 136 Å². The minimum absolute atomic E-state index is 0.0337. The number of likely N-dealkylation sites (tertiary alicyclic amines) is 1. The van der Waals surface area contributed by atoms with E-state index in [4.69, 9.17) is 0 Å². The first kappa shape index (κ1) is 14.5. The fourth-order valence-electron chi connectivity index (χ4n) is 3.72. The van der Waals surface area contributed by atoms with Crippen LogP contribution in [0.2, 0.25) is 0 Å². The Morgan fingerprint density at radius 2 is 2.22 bits per heavy atom. The number of hydrogen-bond acceptors (Lipinski definition) is 3. The van der Waals surface area contributed by atoms with E-state index in [2.05, 4.69) is 16.7 Å². The van der Waals surface area contributed by atoms with Crippen molar-refractivity contribution < 1.29 is 9.59 Å². The third-order valence-electron chi connectivity index (χ3n) is 5.10. The van der Waals surface area contributed by atoms with Gasteiger partial charge in [-0.2, -0.15) is 0 Å². The molecule has 122 valence electrons. The molecule has 3 aliphatic rings. The molecule has 5 heteroatoms. The third kappa shape index (κ3) is 2.92. The molecule has 2 N–H and O–H groups in total. The van der Waals surface area contributed by atoms with Crippen molar-refractivity contribution in [1.29, 1.82) is 0 Å². The number of nitrogens with one attached hydrogen (secondary N) is 2. The summed E-state index contributed by atoms with van der Waals surface area (Å²) in [5.41, 5.74) is 2.93. The molecule has 1 aromatic carbocycles. The van der Waals surface area contributed by atoms with E-state index >= 15 is 0 Å². The highest BCUT2D eigenvalue weighted by Gasteiger charge is 2.39. The fraction of sp³-hybridized carbons (Fsp3) is 0.556. The molecule has 1 aromatic rings. The smallest absolute Gasteiger partial charge is 0.253 e. The van der Waals surface area contributed by atoms with Gasteiger partial charge in [-0.05, 0) is 37.3 Å². The molecule has 1 saturated heterocycles. The second kappa shape index (κ2) is 5.87. The van der Waals surface area contributed by atoms with Gasteiger partial charge in [-0.1, -0.05) is 12.1 Å². The van der Waals surface area contributed by atoms with Crippen LogP contribution in [0, 0.1) is 5.92 Å². The number of fused-ring (bicyclic) bond motifs is 1. The number of amides is 2. The monoisotopic (exact) mass is 313 g/mol. The van der Waals surface area contributed by atoms with Crippen LogP contribution in [0.5, 0.6) is 0 Å². The lowest BCUT2D eigenvalue weighted by Crippen LogP contribution is -2.32. The van der Waals surface area contributed by atoms with Gasteiger partial charge in [0.05, 0.1) is 11.3 Å². The molecule has 23 heavy (non-hydrogen) atoms. The summed E-state index contributed by atoms with van der Waals surface area (Å²) in [6.07, 6.45) is 5.00. The number of carbonyl (C=O) groups excluding carboxylic acids is 2. The van der Waals surface area contributed by atoms with E-state index in [0.29, 0.717) is 19.0 Å². The molecule has 2 aliphatic heterocycles. The van der Waals surface area contributed by atoms with Crippen LogP contribution >= 0.6 is 0 Å². The summed E-state index contributed by atoms with van der Waals surface area (Å²) in [5, 5.41) is 6.39. The molecule has 1 atom stereocenters. The quantitative estimate of drug-likeness (QED) is 0.891. The topological polar surface area (TPSA) is 61.4 Å². The predicted molar refractivity (Wildman–Crippen MR) is 88.4 cm³/mol. The minimum atomic E-state index is -0.0337. The van der Waals surface area contributed by atoms with Gasteiger partial charge in [-0.25, -0.2) is 0 Å². The second-order valence-electron chi connectivity index (χ2n) is 6.93. The van der Waals surface area contributed by atoms with Gasteiger partial charge in [-0.15, -0.1) is 0 Å². The normalized spacial score (nSPS) is 23.4. The average Bonchev–Trinajstić information content (AvgIpc) is 3.35. The first-order valence-corrected chi connectivity index (χ1v) is 8.66. The predicted octanol–water partition coefficient (Wildman–Crippen LogP) is 1.79. The largest absolute Gasteiger partial charge is 0.384 e. The number of carbonyl (C=O) groups is 2. The summed E-state index contributed by atoms with van der Waals surface area (Å²) in [4.78, 5) is 26.5. The SMILES string of the molecule is O=C(NCC1CC(=O)N(C2CC2)C1)c1cccc2c1NCCC2. The van der Waals surface area contributed by atoms with E-state index in [-0.39, 0.29) is 17.7 Å². The maximum Gasteiger partial charge on any atom is 0.253 e. The van der Waals surface area contributed by atoms with Crippen LogP contribution in [0.4, 0.5) is 5.69 Å². The second-order valence-corrected chi connectivity index (χ2v) is 6.93. The Morgan fingerprint density at radius 1 is 1.35 bits per heavy atom. The molecular weight excluding hydrogens is 290 g/mol. The fourth-order valence-corrected chi connectivity index (χ4v) is 3.72. The van der Waals surface area contributed by atoms with E-state index in [9.17, 15) is 9.59 Å². The van der Waals surface area contributed by atoms with E-state index in [1.54, 1.807) is 0 Å². The third-order valence-corrected chi connectivity index (χ3v) is 5.10. The van der Waals surface area contributed by atoms with Crippen molar-refractivity contribution in [2.75, 3.05) is 25.0 Å². The highest BCUT2D eigenvalue weighted by molar-refractivity contribution is 6.00. The van der Waals surface area contributed by atoms with E-state index in [1.807, 2.05) is 17.0 Å². The van der Waals surface area contributed by atoms with Crippen molar-refractivity contribution >= 4 is 17.5 Å². The minimum Gasteiger partial charge on any atom is -0.384 e. The van der Waals surface area contributed by atoms with Gasteiger partial charge in [-0.3, -0.25) is 9.59 Å². The Bertz CT molecular complexity index is 639. The van der Waals surface area contributed by atoms with Crippen molar-refractivity contribution in [3.63, 3.8) is 0 Å². The molecule has 0 spiro atoms.